The molecule has 3 N–H and O–H groups in total. The second-order valence-corrected chi connectivity index (χ2v) is 12.8. The number of para-hydroxylation sites is 4. The summed E-state index contributed by atoms with van der Waals surface area (Å²) >= 11 is 12.4. The molecule has 4 aromatic rings. The van der Waals surface area contributed by atoms with Crippen LogP contribution >= 0.6 is 23.2 Å². The molecular weight excluding hydrogens is 667 g/mol. The second-order valence-electron chi connectivity index (χ2n) is 11.9. The number of rotatable bonds is 12. The Morgan fingerprint density at radius 2 is 1.43 bits per heavy atom. The summed E-state index contributed by atoms with van der Waals surface area (Å²) in [6.45, 7) is 5.93. The topological polar surface area (TPSA) is 123 Å². The highest BCUT2D eigenvalue weighted by molar-refractivity contribution is 6.35. The van der Waals surface area contributed by atoms with Crippen molar-refractivity contribution in [1.29, 1.82) is 0 Å². The predicted octanol–water partition coefficient (Wildman–Crippen LogP) is 7.69. The zero-order valence-electron chi connectivity index (χ0n) is 27.4. The Morgan fingerprint density at radius 3 is 2.04 bits per heavy atom. The van der Waals surface area contributed by atoms with Gasteiger partial charge in [0.15, 0.2) is 0 Å². The average molecular weight is 706 g/mol. The van der Waals surface area contributed by atoms with Crippen LogP contribution in [0.3, 0.4) is 0 Å². The number of benzene rings is 4. The smallest absolute Gasteiger partial charge is 0.235 e. The minimum absolute atomic E-state index is 0.108. The highest BCUT2D eigenvalue weighted by Gasteiger charge is 2.56. The van der Waals surface area contributed by atoms with Crippen LogP contribution in [0.25, 0.3) is 0 Å². The fourth-order valence-electron chi connectivity index (χ4n) is 6.23. The molecule has 0 spiro atoms. The number of Topliss-reactive ketones (excluding diaryl/α,β-unsaturated/α-hetero) is 1. The Balaban J connectivity index is 1.55. The van der Waals surface area contributed by atoms with Gasteiger partial charge in [0, 0.05) is 27.9 Å². The molecule has 4 unspecified atom stereocenters. The van der Waals surface area contributed by atoms with Gasteiger partial charge in [-0.25, -0.2) is 0 Å². The maximum atomic E-state index is 14.3. The van der Waals surface area contributed by atoms with Crippen molar-refractivity contribution in [2.45, 2.75) is 45.3 Å². The molecule has 1 aliphatic carbocycles. The number of amides is 2. The summed E-state index contributed by atoms with van der Waals surface area (Å²) in [5.41, 5.74) is 0.0958. The summed E-state index contributed by atoms with van der Waals surface area (Å²) < 4.78 is 17.5. The zero-order chi connectivity index (χ0) is 35.1. The van der Waals surface area contributed by atoms with Crippen LogP contribution in [0.15, 0.2) is 91.0 Å². The van der Waals surface area contributed by atoms with Crippen molar-refractivity contribution >= 4 is 52.2 Å². The van der Waals surface area contributed by atoms with Crippen LogP contribution in [-0.4, -0.2) is 41.5 Å². The summed E-state index contributed by atoms with van der Waals surface area (Å²) in [7, 11) is 0. The van der Waals surface area contributed by atoms with Crippen molar-refractivity contribution in [3.63, 3.8) is 0 Å². The van der Waals surface area contributed by atoms with E-state index in [0.717, 1.165) is 0 Å². The van der Waals surface area contributed by atoms with E-state index in [1.807, 2.05) is 13.8 Å². The molecule has 256 valence electrons. The third kappa shape index (κ3) is 8.36. The molecule has 1 aliphatic rings. The van der Waals surface area contributed by atoms with Crippen molar-refractivity contribution in [3.05, 3.63) is 112 Å². The first kappa shape index (κ1) is 35.7. The lowest BCUT2D eigenvalue weighted by Gasteiger charge is -2.44. The van der Waals surface area contributed by atoms with Crippen molar-refractivity contribution in [2.24, 2.45) is 11.8 Å². The molecule has 49 heavy (non-hydrogen) atoms. The normalized spacial score (nSPS) is 20.3. The highest BCUT2D eigenvalue weighted by Crippen LogP contribution is 2.47. The molecule has 0 saturated heterocycles. The molecule has 1 fully saturated rings. The largest absolute Gasteiger partial charge is 0.492 e. The zero-order valence-corrected chi connectivity index (χ0v) is 28.9. The van der Waals surface area contributed by atoms with Crippen molar-refractivity contribution < 1.29 is 33.7 Å². The molecule has 4 atom stereocenters. The van der Waals surface area contributed by atoms with E-state index in [2.05, 4.69) is 10.6 Å². The van der Waals surface area contributed by atoms with E-state index < -0.39 is 47.4 Å². The number of nitrogens with one attached hydrogen (secondary N) is 2. The van der Waals surface area contributed by atoms with E-state index in [-0.39, 0.29) is 6.61 Å². The molecule has 1 saturated carbocycles. The lowest BCUT2D eigenvalue weighted by Crippen LogP contribution is -2.56. The molecule has 2 amide bonds. The summed E-state index contributed by atoms with van der Waals surface area (Å²) in [6.07, 6.45) is -0.425. The van der Waals surface area contributed by atoms with Gasteiger partial charge in [-0.1, -0.05) is 65.7 Å². The lowest BCUT2D eigenvalue weighted by atomic mass is 9.61. The van der Waals surface area contributed by atoms with Gasteiger partial charge in [-0.2, -0.15) is 0 Å². The van der Waals surface area contributed by atoms with E-state index >= 15 is 0 Å². The van der Waals surface area contributed by atoms with Crippen LogP contribution in [0.2, 0.25) is 10.0 Å². The minimum atomic E-state index is -1.82. The maximum absolute atomic E-state index is 14.3. The van der Waals surface area contributed by atoms with Crippen LogP contribution in [0.5, 0.6) is 17.2 Å². The van der Waals surface area contributed by atoms with E-state index in [0.29, 0.717) is 63.0 Å². The number of aliphatic hydroxyl groups is 1. The number of carbonyl (C=O) groups excluding carboxylic acids is 3. The Morgan fingerprint density at radius 1 is 0.816 bits per heavy atom. The third-order valence-electron chi connectivity index (χ3n) is 8.37. The molecule has 0 radical (unpaired) electrons. The number of carbonyl (C=O) groups is 3. The summed E-state index contributed by atoms with van der Waals surface area (Å²) in [5, 5.41) is 18.5. The number of anilines is 2. The van der Waals surface area contributed by atoms with Gasteiger partial charge < -0.3 is 30.0 Å². The van der Waals surface area contributed by atoms with Crippen LogP contribution in [0.4, 0.5) is 11.4 Å². The van der Waals surface area contributed by atoms with Crippen LogP contribution < -0.4 is 24.8 Å². The van der Waals surface area contributed by atoms with Crippen LogP contribution in [0.1, 0.15) is 44.2 Å². The standard InChI is InChI=1S/C38H38Cl2N2O7/c1-4-47-31-15-8-6-13-28(31)41-36(44)34-30(43)21-38(3,46)35(37(45)42-29-14-7-9-16-32(29)48-5-2)33(34)23-11-10-12-26(19-23)49-22-24-17-18-25(39)20-27(24)40/h6-20,33-35,46H,4-5,21-22H2,1-3H3,(H,41,44)(H,42,45). The highest BCUT2D eigenvalue weighted by atomic mass is 35.5. The van der Waals surface area contributed by atoms with Crippen molar-refractivity contribution in [2.75, 3.05) is 23.8 Å². The number of halogens is 2. The fraction of sp³-hybridized carbons (Fsp3) is 0.289. The summed E-state index contributed by atoms with van der Waals surface area (Å²) in [6, 6.07) is 25.7. The first-order valence-electron chi connectivity index (χ1n) is 16.0. The maximum Gasteiger partial charge on any atom is 0.235 e. The molecule has 0 aliphatic heterocycles. The minimum Gasteiger partial charge on any atom is -0.492 e. The average Bonchev–Trinajstić information content (AvgIpc) is 3.05. The number of hydrogen-bond acceptors (Lipinski definition) is 7. The number of ketones is 1. The van der Waals surface area contributed by atoms with E-state index in [1.54, 1.807) is 91.0 Å². The molecule has 0 bridgehead atoms. The summed E-state index contributed by atoms with van der Waals surface area (Å²) in [5.74, 6) is -4.15. The molecule has 5 rings (SSSR count). The van der Waals surface area contributed by atoms with Gasteiger partial charge in [0.2, 0.25) is 11.8 Å². The Bertz CT molecular complexity index is 1830. The van der Waals surface area contributed by atoms with Crippen molar-refractivity contribution in [1.82, 2.24) is 0 Å². The quantitative estimate of drug-likeness (QED) is 0.129. The van der Waals surface area contributed by atoms with Crippen molar-refractivity contribution in [3.8, 4) is 17.2 Å². The van der Waals surface area contributed by atoms with Gasteiger partial charge in [-0.05, 0) is 74.9 Å². The predicted molar refractivity (Wildman–Crippen MR) is 190 cm³/mol. The Hall–Kier alpha value is -4.57. The Labute approximate surface area is 295 Å². The van der Waals surface area contributed by atoms with Gasteiger partial charge in [0.25, 0.3) is 0 Å². The molecule has 4 aromatic carbocycles. The van der Waals surface area contributed by atoms with Crippen LogP contribution in [0, 0.1) is 11.8 Å². The van der Waals surface area contributed by atoms with Gasteiger partial charge in [0.1, 0.15) is 35.6 Å². The second kappa shape index (κ2) is 15.8. The van der Waals surface area contributed by atoms with Gasteiger partial charge in [-0.15, -0.1) is 0 Å². The van der Waals surface area contributed by atoms with E-state index in [1.165, 1.54) is 6.92 Å². The van der Waals surface area contributed by atoms with E-state index in [4.69, 9.17) is 37.4 Å². The monoisotopic (exact) mass is 704 g/mol. The first-order valence-corrected chi connectivity index (χ1v) is 16.7. The summed E-state index contributed by atoms with van der Waals surface area (Å²) in [4.78, 5) is 42.4. The van der Waals surface area contributed by atoms with Gasteiger partial charge in [0.05, 0.1) is 36.1 Å². The Kier molecular flexibility index (Phi) is 11.5. The molecule has 11 heteroatoms. The SMILES string of the molecule is CCOc1ccccc1NC(=O)C1C(=O)CC(C)(O)C(C(=O)Nc2ccccc2OCC)C1c1cccc(OCc2ccc(Cl)cc2Cl)c1. The number of ether oxygens (including phenoxy) is 3. The first-order chi connectivity index (χ1) is 23.5. The van der Waals surface area contributed by atoms with Gasteiger partial charge in [-0.3, -0.25) is 14.4 Å². The molecule has 0 aromatic heterocycles. The molecule has 9 nitrogen and oxygen atoms in total. The molecule has 0 heterocycles. The van der Waals surface area contributed by atoms with Gasteiger partial charge >= 0.3 is 0 Å². The number of hydrogen-bond donors (Lipinski definition) is 3. The van der Waals surface area contributed by atoms with E-state index in [9.17, 15) is 19.5 Å². The fourth-order valence-corrected chi connectivity index (χ4v) is 6.69. The third-order valence-corrected chi connectivity index (χ3v) is 8.96. The molecular formula is C38H38Cl2N2O7. The van der Waals surface area contributed by atoms with Crippen LogP contribution in [-0.2, 0) is 21.0 Å². The lowest BCUT2D eigenvalue weighted by molar-refractivity contribution is -0.150.